The fraction of sp³-hybridized carbons (Fsp3) is 0.917. The fourth-order valence-electron chi connectivity index (χ4n) is 2.53. The van der Waals surface area contributed by atoms with Gasteiger partial charge in [-0.2, -0.15) is 0 Å². The van der Waals surface area contributed by atoms with Gasteiger partial charge >= 0.3 is 0 Å². The monoisotopic (exact) mass is 179 g/mol. The van der Waals surface area contributed by atoms with Crippen molar-refractivity contribution in [2.45, 2.75) is 52.9 Å². The van der Waals surface area contributed by atoms with Crippen LogP contribution in [0.5, 0.6) is 0 Å². The molecule has 1 nitrogen and oxygen atoms in total. The Hall–Kier alpha value is -0.510. The van der Waals surface area contributed by atoms with Crippen molar-refractivity contribution in [2.75, 3.05) is 6.54 Å². The lowest BCUT2D eigenvalue weighted by molar-refractivity contribution is 0.0568. The van der Waals surface area contributed by atoms with Crippen LogP contribution in [-0.2, 0) is 0 Å². The summed E-state index contributed by atoms with van der Waals surface area (Å²) in [6, 6.07) is 0. The van der Waals surface area contributed by atoms with Gasteiger partial charge in [-0.3, -0.25) is 0 Å². The van der Waals surface area contributed by atoms with Crippen LogP contribution in [0.2, 0.25) is 0 Å². The number of rotatable bonds is 1. The van der Waals surface area contributed by atoms with E-state index in [9.17, 15) is 0 Å². The van der Waals surface area contributed by atoms with Gasteiger partial charge in [0.05, 0.1) is 0 Å². The molecule has 74 valence electrons. The Balaban J connectivity index is 2.80. The zero-order chi connectivity index (χ0) is 9.95. The van der Waals surface area contributed by atoms with Gasteiger partial charge in [-0.1, -0.05) is 40.0 Å². The van der Waals surface area contributed by atoms with Gasteiger partial charge in [-0.25, -0.2) is 6.57 Å². The van der Waals surface area contributed by atoms with Crippen LogP contribution in [0.25, 0.3) is 4.85 Å². The predicted molar refractivity (Wildman–Crippen MR) is 56.4 cm³/mol. The maximum Gasteiger partial charge on any atom is 0.220 e. The zero-order valence-corrected chi connectivity index (χ0v) is 9.19. The Kier molecular flexibility index (Phi) is 3.01. The number of nitrogens with zero attached hydrogens (tertiary/aromatic N) is 1. The Morgan fingerprint density at radius 3 is 2.08 bits per heavy atom. The van der Waals surface area contributed by atoms with Crippen LogP contribution >= 0.6 is 0 Å². The van der Waals surface area contributed by atoms with Gasteiger partial charge in [-0.15, -0.1) is 0 Å². The summed E-state index contributed by atoms with van der Waals surface area (Å²) in [6.45, 7) is 14.7. The molecule has 0 radical (unpaired) electrons. The molecule has 0 aromatic rings. The highest BCUT2D eigenvalue weighted by Gasteiger charge is 2.45. The van der Waals surface area contributed by atoms with E-state index in [4.69, 9.17) is 6.57 Å². The van der Waals surface area contributed by atoms with E-state index in [0.717, 1.165) is 6.54 Å². The predicted octanol–water partition coefficient (Wildman–Crippen LogP) is 3.90. The van der Waals surface area contributed by atoms with E-state index in [1.807, 2.05) is 0 Å². The molecule has 0 spiro atoms. The van der Waals surface area contributed by atoms with Crippen molar-refractivity contribution < 1.29 is 0 Å². The summed E-state index contributed by atoms with van der Waals surface area (Å²) < 4.78 is 0. The molecule has 0 unspecified atom stereocenters. The second-order valence-corrected chi connectivity index (χ2v) is 5.41. The van der Waals surface area contributed by atoms with Crippen molar-refractivity contribution in [3.05, 3.63) is 11.4 Å². The summed E-state index contributed by atoms with van der Waals surface area (Å²) in [5.74, 6) is 0. The lowest BCUT2D eigenvalue weighted by Crippen LogP contribution is -2.39. The largest absolute Gasteiger partial charge is 0.316 e. The van der Waals surface area contributed by atoms with Crippen molar-refractivity contribution in [2.24, 2.45) is 10.8 Å². The van der Waals surface area contributed by atoms with Gasteiger partial charge in [-0.05, 0) is 18.3 Å². The lowest BCUT2D eigenvalue weighted by Gasteiger charge is -2.43. The zero-order valence-electron chi connectivity index (χ0n) is 9.19. The van der Waals surface area contributed by atoms with Gasteiger partial charge in [0.15, 0.2) is 0 Å². The molecule has 13 heavy (non-hydrogen) atoms. The number of hydrogen-bond acceptors (Lipinski definition) is 0. The molecule has 0 amide bonds. The Morgan fingerprint density at radius 2 is 1.69 bits per heavy atom. The van der Waals surface area contributed by atoms with Crippen molar-refractivity contribution in [3.63, 3.8) is 0 Å². The maximum absolute atomic E-state index is 7.07. The third-order valence-corrected chi connectivity index (χ3v) is 3.78. The molecule has 0 aliphatic heterocycles. The summed E-state index contributed by atoms with van der Waals surface area (Å²) in [4.78, 5) is 3.65. The van der Waals surface area contributed by atoms with Gasteiger partial charge in [0.25, 0.3) is 0 Å². The van der Waals surface area contributed by atoms with E-state index in [2.05, 4.69) is 25.6 Å². The molecule has 0 atom stereocenters. The highest BCUT2D eigenvalue weighted by Crippen LogP contribution is 2.49. The van der Waals surface area contributed by atoms with E-state index < -0.39 is 0 Å². The third kappa shape index (κ3) is 2.05. The molecule has 0 bridgehead atoms. The maximum atomic E-state index is 7.07. The normalized spacial score (nSPS) is 22.3. The van der Waals surface area contributed by atoms with Gasteiger partial charge < -0.3 is 4.85 Å². The van der Waals surface area contributed by atoms with Crippen molar-refractivity contribution in [1.82, 2.24) is 0 Å². The van der Waals surface area contributed by atoms with Crippen molar-refractivity contribution in [1.29, 1.82) is 0 Å². The first-order valence-electron chi connectivity index (χ1n) is 5.35. The molecule has 0 saturated heterocycles. The molecule has 1 fully saturated rings. The SMILES string of the molecule is [C-]#[N+]CC1(C(C)(C)C)CCCCC1. The second-order valence-electron chi connectivity index (χ2n) is 5.41. The summed E-state index contributed by atoms with van der Waals surface area (Å²) in [7, 11) is 0. The molecule has 0 heterocycles. The molecular formula is C12H21N. The quantitative estimate of drug-likeness (QED) is 0.538. The molecule has 1 heteroatoms. The highest BCUT2D eigenvalue weighted by molar-refractivity contribution is 4.96. The summed E-state index contributed by atoms with van der Waals surface area (Å²) >= 11 is 0. The molecule has 1 saturated carbocycles. The van der Waals surface area contributed by atoms with Crippen LogP contribution in [0, 0.1) is 17.4 Å². The second kappa shape index (κ2) is 3.70. The standard InChI is InChI=1S/C12H21N/c1-11(2,3)12(10-13-4)8-6-5-7-9-12/h5-10H2,1-3H3. The summed E-state index contributed by atoms with van der Waals surface area (Å²) in [6.07, 6.45) is 6.55. The minimum absolute atomic E-state index is 0.304. The molecule has 1 aliphatic carbocycles. The molecular weight excluding hydrogens is 158 g/mol. The first kappa shape index (κ1) is 10.6. The van der Waals surface area contributed by atoms with Crippen molar-refractivity contribution >= 4 is 0 Å². The molecule has 0 aromatic carbocycles. The fourth-order valence-corrected chi connectivity index (χ4v) is 2.53. The smallest absolute Gasteiger partial charge is 0.220 e. The van der Waals surface area contributed by atoms with Gasteiger partial charge in [0, 0.05) is 5.41 Å². The van der Waals surface area contributed by atoms with Gasteiger partial charge in [0.2, 0.25) is 6.54 Å². The van der Waals surface area contributed by atoms with E-state index in [-0.39, 0.29) is 0 Å². The molecule has 0 aromatic heterocycles. The van der Waals surface area contributed by atoms with E-state index >= 15 is 0 Å². The third-order valence-electron chi connectivity index (χ3n) is 3.78. The minimum Gasteiger partial charge on any atom is -0.316 e. The lowest BCUT2D eigenvalue weighted by atomic mass is 9.59. The summed E-state index contributed by atoms with van der Waals surface area (Å²) in [5, 5.41) is 0. The van der Waals surface area contributed by atoms with Crippen LogP contribution in [0.1, 0.15) is 52.9 Å². The van der Waals surface area contributed by atoms with E-state index in [1.165, 1.54) is 32.1 Å². The average molecular weight is 179 g/mol. The van der Waals surface area contributed by atoms with Crippen molar-refractivity contribution in [3.8, 4) is 0 Å². The first-order valence-corrected chi connectivity index (χ1v) is 5.35. The molecule has 1 rings (SSSR count). The van der Waals surface area contributed by atoms with Crippen LogP contribution < -0.4 is 0 Å². The highest BCUT2D eigenvalue weighted by atomic mass is 14.7. The minimum atomic E-state index is 0.304. The van der Waals surface area contributed by atoms with E-state index in [0.29, 0.717) is 10.8 Å². The van der Waals surface area contributed by atoms with Crippen LogP contribution in [0.4, 0.5) is 0 Å². The average Bonchev–Trinajstić information content (AvgIpc) is 2.04. The Labute approximate surface area is 82.4 Å². The van der Waals surface area contributed by atoms with Crippen LogP contribution in [0.3, 0.4) is 0 Å². The number of hydrogen-bond donors (Lipinski definition) is 0. The Bertz CT molecular complexity index is 198. The summed E-state index contributed by atoms with van der Waals surface area (Å²) in [5.41, 5.74) is 0.616. The van der Waals surface area contributed by atoms with Gasteiger partial charge in [0.1, 0.15) is 0 Å². The first-order chi connectivity index (χ1) is 6.02. The molecule has 1 aliphatic rings. The molecule has 0 N–H and O–H groups in total. The van der Waals surface area contributed by atoms with Crippen LogP contribution in [0.15, 0.2) is 0 Å². The Morgan fingerprint density at radius 1 is 1.15 bits per heavy atom. The van der Waals surface area contributed by atoms with E-state index in [1.54, 1.807) is 0 Å². The van der Waals surface area contributed by atoms with Crippen LogP contribution in [-0.4, -0.2) is 6.54 Å². The topological polar surface area (TPSA) is 4.36 Å².